The Balaban J connectivity index is 2.09. The first-order valence-electron chi connectivity index (χ1n) is 5.12. The van der Waals surface area contributed by atoms with Crippen molar-refractivity contribution in [2.24, 2.45) is 0 Å². The second-order valence-electron chi connectivity index (χ2n) is 3.92. The Morgan fingerprint density at radius 3 is 2.62 bits per heavy atom. The molecular formula is C10H19NO2. The molecule has 13 heavy (non-hydrogen) atoms. The summed E-state index contributed by atoms with van der Waals surface area (Å²) >= 11 is 0. The van der Waals surface area contributed by atoms with Gasteiger partial charge in [-0.25, -0.2) is 0 Å². The maximum absolute atomic E-state index is 10.3. The van der Waals surface area contributed by atoms with Crippen molar-refractivity contribution in [3.8, 4) is 0 Å². The lowest BCUT2D eigenvalue weighted by molar-refractivity contribution is -0.137. The van der Waals surface area contributed by atoms with E-state index in [4.69, 9.17) is 5.11 Å². The first-order chi connectivity index (χ1) is 6.20. The van der Waals surface area contributed by atoms with Crippen LogP contribution in [0, 0.1) is 0 Å². The Hall–Kier alpha value is -0.570. The Morgan fingerprint density at radius 2 is 2.08 bits per heavy atom. The van der Waals surface area contributed by atoms with Gasteiger partial charge in [0.15, 0.2) is 0 Å². The van der Waals surface area contributed by atoms with Crippen LogP contribution in [-0.4, -0.2) is 35.6 Å². The maximum atomic E-state index is 10.3. The quantitative estimate of drug-likeness (QED) is 0.709. The Bertz CT molecular complexity index is 164. The van der Waals surface area contributed by atoms with Crippen LogP contribution in [0.1, 0.15) is 38.5 Å². The fraction of sp³-hybridized carbons (Fsp3) is 0.900. The third-order valence-electron chi connectivity index (χ3n) is 2.85. The first-order valence-corrected chi connectivity index (χ1v) is 5.12. The second-order valence-corrected chi connectivity index (χ2v) is 3.92. The summed E-state index contributed by atoms with van der Waals surface area (Å²) in [6, 6.07) is 0.716. The molecule has 1 fully saturated rings. The van der Waals surface area contributed by atoms with Gasteiger partial charge in [-0.05, 0) is 32.9 Å². The smallest absolute Gasteiger partial charge is 0.303 e. The Labute approximate surface area is 79.7 Å². The van der Waals surface area contributed by atoms with Crippen LogP contribution in [-0.2, 0) is 4.79 Å². The highest BCUT2D eigenvalue weighted by Gasteiger charge is 2.18. The predicted octanol–water partition coefficient (Wildman–Crippen LogP) is 1.73. The molecule has 0 heterocycles. The highest BCUT2D eigenvalue weighted by atomic mass is 16.4. The van der Waals surface area contributed by atoms with Crippen LogP contribution in [0.4, 0.5) is 0 Å². The van der Waals surface area contributed by atoms with Crippen LogP contribution in [0.2, 0.25) is 0 Å². The van der Waals surface area contributed by atoms with Gasteiger partial charge in [-0.2, -0.15) is 0 Å². The van der Waals surface area contributed by atoms with Gasteiger partial charge < -0.3 is 10.0 Å². The van der Waals surface area contributed by atoms with E-state index in [1.54, 1.807) is 0 Å². The van der Waals surface area contributed by atoms with E-state index in [1.165, 1.54) is 25.7 Å². The molecule has 0 radical (unpaired) electrons. The summed E-state index contributed by atoms with van der Waals surface area (Å²) in [5.74, 6) is -0.681. The summed E-state index contributed by atoms with van der Waals surface area (Å²) < 4.78 is 0. The molecule has 1 aliphatic carbocycles. The molecule has 0 aliphatic heterocycles. The number of hydrogen-bond acceptors (Lipinski definition) is 2. The molecule has 76 valence electrons. The van der Waals surface area contributed by atoms with Gasteiger partial charge in [0, 0.05) is 12.5 Å². The minimum absolute atomic E-state index is 0.303. The van der Waals surface area contributed by atoms with Crippen molar-refractivity contribution in [2.45, 2.75) is 44.6 Å². The van der Waals surface area contributed by atoms with Crippen molar-refractivity contribution in [2.75, 3.05) is 13.6 Å². The molecular weight excluding hydrogens is 166 g/mol. The molecule has 0 aromatic heterocycles. The maximum Gasteiger partial charge on any atom is 0.303 e. The average Bonchev–Trinajstić information content (AvgIpc) is 2.55. The van der Waals surface area contributed by atoms with Gasteiger partial charge in [0.05, 0.1) is 0 Å². The van der Waals surface area contributed by atoms with Crippen molar-refractivity contribution in [1.29, 1.82) is 0 Å². The number of hydrogen-bond donors (Lipinski definition) is 1. The highest BCUT2D eigenvalue weighted by Crippen LogP contribution is 2.22. The molecule has 1 saturated carbocycles. The SMILES string of the molecule is CN(CCCC(=O)O)C1CCCC1. The van der Waals surface area contributed by atoms with Crippen LogP contribution >= 0.6 is 0 Å². The van der Waals surface area contributed by atoms with Crippen LogP contribution in [0.5, 0.6) is 0 Å². The van der Waals surface area contributed by atoms with Gasteiger partial charge in [-0.15, -0.1) is 0 Å². The van der Waals surface area contributed by atoms with E-state index < -0.39 is 5.97 Å². The molecule has 3 heteroatoms. The third-order valence-corrected chi connectivity index (χ3v) is 2.85. The molecule has 0 unspecified atom stereocenters. The first kappa shape index (κ1) is 10.5. The number of carbonyl (C=O) groups is 1. The second kappa shape index (κ2) is 5.22. The molecule has 0 amide bonds. The largest absolute Gasteiger partial charge is 0.481 e. The number of carboxylic acid groups (broad SMARTS) is 1. The van der Waals surface area contributed by atoms with Crippen molar-refractivity contribution in [3.63, 3.8) is 0 Å². The third kappa shape index (κ3) is 3.77. The normalized spacial score (nSPS) is 18.3. The van der Waals surface area contributed by atoms with E-state index in [2.05, 4.69) is 11.9 Å². The van der Waals surface area contributed by atoms with E-state index in [0.29, 0.717) is 12.5 Å². The number of carboxylic acids is 1. The summed E-state index contributed by atoms with van der Waals surface area (Å²) in [6.45, 7) is 0.928. The minimum Gasteiger partial charge on any atom is -0.481 e. The molecule has 1 N–H and O–H groups in total. The lowest BCUT2D eigenvalue weighted by atomic mass is 10.2. The van der Waals surface area contributed by atoms with E-state index in [-0.39, 0.29) is 0 Å². The number of nitrogens with zero attached hydrogens (tertiary/aromatic N) is 1. The average molecular weight is 185 g/mol. The van der Waals surface area contributed by atoms with Crippen molar-refractivity contribution < 1.29 is 9.90 Å². The zero-order valence-electron chi connectivity index (χ0n) is 8.33. The lowest BCUT2D eigenvalue weighted by Crippen LogP contribution is -2.30. The van der Waals surface area contributed by atoms with Crippen molar-refractivity contribution >= 4 is 5.97 Å². The molecule has 0 spiro atoms. The molecule has 0 aromatic rings. The van der Waals surface area contributed by atoms with E-state index in [0.717, 1.165) is 13.0 Å². The summed E-state index contributed by atoms with van der Waals surface area (Å²) in [5.41, 5.74) is 0. The van der Waals surface area contributed by atoms with Crippen LogP contribution in [0.3, 0.4) is 0 Å². The molecule has 0 atom stereocenters. The van der Waals surface area contributed by atoms with Crippen LogP contribution in [0.15, 0.2) is 0 Å². The fourth-order valence-electron chi connectivity index (χ4n) is 2.01. The molecule has 0 aromatic carbocycles. The zero-order valence-corrected chi connectivity index (χ0v) is 8.33. The van der Waals surface area contributed by atoms with Gasteiger partial charge in [0.2, 0.25) is 0 Å². The highest BCUT2D eigenvalue weighted by molar-refractivity contribution is 5.66. The van der Waals surface area contributed by atoms with E-state index in [9.17, 15) is 4.79 Å². The lowest BCUT2D eigenvalue weighted by Gasteiger charge is -2.23. The van der Waals surface area contributed by atoms with Gasteiger partial charge in [-0.1, -0.05) is 12.8 Å². The van der Waals surface area contributed by atoms with E-state index in [1.807, 2.05) is 0 Å². The summed E-state index contributed by atoms with van der Waals surface area (Å²) in [5, 5.41) is 8.47. The monoisotopic (exact) mass is 185 g/mol. The number of rotatable bonds is 5. The minimum atomic E-state index is -0.681. The van der Waals surface area contributed by atoms with Crippen LogP contribution in [0.25, 0.3) is 0 Å². The van der Waals surface area contributed by atoms with Gasteiger partial charge in [0.25, 0.3) is 0 Å². The summed E-state index contributed by atoms with van der Waals surface area (Å²) in [4.78, 5) is 12.6. The van der Waals surface area contributed by atoms with Gasteiger partial charge in [0.1, 0.15) is 0 Å². The summed E-state index contributed by atoms with van der Waals surface area (Å²) in [6.07, 6.45) is 6.36. The predicted molar refractivity (Wildman–Crippen MR) is 51.8 cm³/mol. The molecule has 3 nitrogen and oxygen atoms in total. The van der Waals surface area contributed by atoms with Crippen LogP contribution < -0.4 is 0 Å². The Morgan fingerprint density at radius 1 is 1.46 bits per heavy atom. The van der Waals surface area contributed by atoms with E-state index >= 15 is 0 Å². The zero-order chi connectivity index (χ0) is 9.68. The molecule has 1 aliphatic rings. The van der Waals surface area contributed by atoms with Crippen molar-refractivity contribution in [1.82, 2.24) is 4.90 Å². The summed E-state index contributed by atoms with van der Waals surface area (Å²) in [7, 11) is 2.11. The fourth-order valence-corrected chi connectivity index (χ4v) is 2.01. The topological polar surface area (TPSA) is 40.5 Å². The number of aliphatic carboxylic acids is 1. The van der Waals surface area contributed by atoms with Gasteiger partial charge in [-0.3, -0.25) is 4.79 Å². The van der Waals surface area contributed by atoms with Crippen molar-refractivity contribution in [3.05, 3.63) is 0 Å². The molecule has 1 rings (SSSR count). The standard InChI is InChI=1S/C10H19NO2/c1-11(8-4-7-10(12)13)9-5-2-3-6-9/h9H,2-8H2,1H3,(H,12,13). The molecule has 0 bridgehead atoms. The Kier molecular flexibility index (Phi) is 4.22. The van der Waals surface area contributed by atoms with Gasteiger partial charge >= 0.3 is 5.97 Å². The molecule has 0 saturated heterocycles.